The molecule has 2 amide bonds. The first-order valence-corrected chi connectivity index (χ1v) is 21.4. The molecule has 3 fully saturated rings. The number of hydrogen-bond acceptors (Lipinski definition) is 12. The van der Waals surface area contributed by atoms with Crippen molar-refractivity contribution in [2.24, 2.45) is 0 Å². The molecule has 15 heteroatoms. The number of fused-ring (bicyclic) bond motifs is 2. The molecule has 15 nitrogen and oxygen atoms in total. The van der Waals surface area contributed by atoms with Crippen molar-refractivity contribution in [3.8, 4) is 12.1 Å². The van der Waals surface area contributed by atoms with Gasteiger partial charge in [-0.1, -0.05) is 30.3 Å². The molecule has 5 heterocycles. The number of piperazine rings is 1. The maximum atomic E-state index is 13.4. The standard InChI is InChI=1S/C45H57N9O6/c1-30-24-37-35(25-47-54(37)38-14-9-10-23-57-38)39(31(30)2)51-20-16-34-36(27-51)48-41(59-29-45(17-11-18-45)50-42(55)60-44(3,4)5)49-40(34)52-21-22-53(33(26-52)15-19-46)43(56)58-28-32-12-7-6-8-13-32/h6-8,12-13,24-25,33,38H,9-11,14-18,20-23,26-29H2,1-5H3,(H,50,55)/t33-,38?/m0/s1. The number of ether oxygens (including phenoxy) is 4. The summed E-state index contributed by atoms with van der Waals surface area (Å²) < 4.78 is 26.0. The molecule has 0 radical (unpaired) electrons. The van der Waals surface area contributed by atoms with Gasteiger partial charge in [0.2, 0.25) is 0 Å². The molecule has 1 N–H and O–H groups in total. The minimum Gasteiger partial charge on any atom is -0.461 e. The molecule has 2 aromatic carbocycles. The van der Waals surface area contributed by atoms with E-state index in [0.29, 0.717) is 32.6 Å². The minimum absolute atomic E-state index is 0.0805. The van der Waals surface area contributed by atoms with E-state index in [4.69, 9.17) is 34.0 Å². The fourth-order valence-corrected chi connectivity index (χ4v) is 8.86. The summed E-state index contributed by atoms with van der Waals surface area (Å²) in [7, 11) is 0. The van der Waals surface area contributed by atoms with Crippen molar-refractivity contribution in [2.45, 2.75) is 123 Å². The topological polar surface area (TPSA) is 160 Å². The summed E-state index contributed by atoms with van der Waals surface area (Å²) >= 11 is 0. The number of carbonyl (C=O) groups excluding carboxylic acids is 2. The second-order valence-electron chi connectivity index (χ2n) is 17.7. The van der Waals surface area contributed by atoms with E-state index in [1.165, 1.54) is 11.1 Å². The minimum atomic E-state index is -0.631. The first-order chi connectivity index (χ1) is 28.9. The number of alkyl carbamates (subject to hydrolysis) is 1. The molecule has 3 aliphatic heterocycles. The average Bonchev–Trinajstić information content (AvgIpc) is 3.63. The van der Waals surface area contributed by atoms with Gasteiger partial charge in [-0.25, -0.2) is 14.3 Å². The van der Waals surface area contributed by atoms with E-state index in [-0.39, 0.29) is 31.9 Å². The van der Waals surface area contributed by atoms with Crippen LogP contribution in [0.3, 0.4) is 0 Å². The van der Waals surface area contributed by atoms with Crippen LogP contribution in [-0.2, 0) is 33.8 Å². The Bertz CT molecular complexity index is 2240. The molecule has 2 aromatic heterocycles. The van der Waals surface area contributed by atoms with Crippen LogP contribution < -0.4 is 19.9 Å². The van der Waals surface area contributed by atoms with Crippen molar-refractivity contribution in [3.63, 3.8) is 0 Å². The summed E-state index contributed by atoms with van der Waals surface area (Å²) in [6, 6.07) is 13.9. The highest BCUT2D eigenvalue weighted by atomic mass is 16.6. The molecule has 0 spiro atoms. The van der Waals surface area contributed by atoms with Crippen LogP contribution in [0, 0.1) is 25.2 Å². The van der Waals surface area contributed by atoms with Gasteiger partial charge < -0.3 is 39.0 Å². The summed E-state index contributed by atoms with van der Waals surface area (Å²) in [5, 5.41) is 18.9. The zero-order chi connectivity index (χ0) is 42.0. The Hall–Kier alpha value is -5.62. The Balaban J connectivity index is 1.09. The Morgan fingerprint density at radius 1 is 1.05 bits per heavy atom. The van der Waals surface area contributed by atoms with E-state index in [2.05, 4.69) is 41.1 Å². The molecule has 2 atom stereocenters. The number of nitrogens with one attached hydrogen (secondary N) is 1. The Morgan fingerprint density at radius 3 is 2.58 bits per heavy atom. The van der Waals surface area contributed by atoms with Gasteiger partial charge in [-0.05, 0) is 102 Å². The number of aromatic nitrogens is 4. The van der Waals surface area contributed by atoms with E-state index in [0.717, 1.165) is 90.9 Å². The highest BCUT2D eigenvalue weighted by molar-refractivity contribution is 5.95. The maximum Gasteiger partial charge on any atom is 0.410 e. The zero-order valence-electron chi connectivity index (χ0n) is 35.5. The lowest BCUT2D eigenvalue weighted by molar-refractivity contribution is -0.0366. The normalized spacial score (nSPS) is 20.2. The molecule has 318 valence electrons. The summed E-state index contributed by atoms with van der Waals surface area (Å²) in [6.07, 6.45) is 7.36. The third-order valence-corrected chi connectivity index (χ3v) is 12.3. The van der Waals surface area contributed by atoms with E-state index in [1.54, 1.807) is 4.90 Å². The molecule has 8 rings (SSSR count). The number of carbonyl (C=O) groups is 2. The largest absolute Gasteiger partial charge is 0.461 e. The smallest absolute Gasteiger partial charge is 0.410 e. The summed E-state index contributed by atoms with van der Waals surface area (Å²) in [5.74, 6) is 0.742. The third-order valence-electron chi connectivity index (χ3n) is 12.3. The number of nitriles is 1. The first-order valence-electron chi connectivity index (χ1n) is 21.4. The van der Waals surface area contributed by atoms with Crippen LogP contribution in [0.15, 0.2) is 42.6 Å². The predicted octanol–water partition coefficient (Wildman–Crippen LogP) is 7.27. The van der Waals surface area contributed by atoms with E-state index in [1.807, 2.05) is 62.0 Å². The van der Waals surface area contributed by atoms with Gasteiger partial charge in [0.05, 0.1) is 53.7 Å². The van der Waals surface area contributed by atoms with Crippen LogP contribution in [-0.4, -0.2) is 93.4 Å². The second-order valence-corrected chi connectivity index (χ2v) is 17.7. The quantitative estimate of drug-likeness (QED) is 0.171. The number of aryl methyl sites for hydroxylation is 1. The number of anilines is 2. The molecule has 4 aliphatic rings. The molecule has 1 unspecified atom stereocenters. The van der Waals surface area contributed by atoms with E-state index < -0.39 is 29.4 Å². The number of nitrogens with zero attached hydrogens (tertiary/aromatic N) is 8. The van der Waals surface area contributed by atoms with E-state index >= 15 is 0 Å². The number of hydrogen-bond donors (Lipinski definition) is 1. The fraction of sp³-hybridized carbons (Fsp3) is 0.556. The molecule has 1 saturated carbocycles. The van der Waals surface area contributed by atoms with Crippen LogP contribution in [0.5, 0.6) is 6.01 Å². The summed E-state index contributed by atoms with van der Waals surface area (Å²) in [4.78, 5) is 42.7. The van der Waals surface area contributed by atoms with Crippen molar-refractivity contribution in [1.29, 1.82) is 5.26 Å². The van der Waals surface area contributed by atoms with Crippen molar-refractivity contribution in [2.75, 3.05) is 49.2 Å². The summed E-state index contributed by atoms with van der Waals surface area (Å²) in [5.41, 5.74) is 6.11. The number of benzene rings is 2. The van der Waals surface area contributed by atoms with Gasteiger partial charge in [0, 0.05) is 43.7 Å². The Morgan fingerprint density at radius 2 is 1.87 bits per heavy atom. The van der Waals surface area contributed by atoms with Gasteiger partial charge in [0.25, 0.3) is 0 Å². The highest BCUT2D eigenvalue weighted by Crippen LogP contribution is 2.40. The van der Waals surface area contributed by atoms with Gasteiger partial charge in [0.1, 0.15) is 24.6 Å². The van der Waals surface area contributed by atoms with Crippen LogP contribution in [0.4, 0.5) is 21.1 Å². The van der Waals surface area contributed by atoms with Crippen molar-refractivity contribution >= 4 is 34.6 Å². The SMILES string of the molecule is Cc1cc2c(cnn2C2CCCCO2)c(N2CCc3c(nc(OCC4(NC(=O)OC(C)(C)C)CCC4)nc3N3CCN(C(=O)OCc4ccccc4)[C@@H](CC#N)C3)C2)c1C. The van der Waals surface area contributed by atoms with Gasteiger partial charge >= 0.3 is 18.2 Å². The van der Waals surface area contributed by atoms with Crippen LogP contribution in [0.2, 0.25) is 0 Å². The van der Waals surface area contributed by atoms with Gasteiger partial charge in [-0.3, -0.25) is 0 Å². The van der Waals surface area contributed by atoms with Crippen molar-refractivity contribution in [3.05, 3.63) is 70.5 Å². The van der Waals surface area contributed by atoms with Crippen LogP contribution in [0.25, 0.3) is 10.9 Å². The second kappa shape index (κ2) is 17.2. The Labute approximate surface area is 351 Å². The van der Waals surface area contributed by atoms with Crippen molar-refractivity contribution in [1.82, 2.24) is 30.0 Å². The highest BCUT2D eigenvalue weighted by Gasteiger charge is 2.41. The molecule has 0 bridgehead atoms. The van der Waals surface area contributed by atoms with Gasteiger partial charge in [0.15, 0.2) is 6.23 Å². The van der Waals surface area contributed by atoms with Gasteiger partial charge in [-0.15, -0.1) is 0 Å². The molecule has 2 saturated heterocycles. The zero-order valence-corrected chi connectivity index (χ0v) is 35.5. The lowest BCUT2D eigenvalue weighted by Gasteiger charge is -2.42. The van der Waals surface area contributed by atoms with E-state index in [9.17, 15) is 14.9 Å². The molecular weight excluding hydrogens is 763 g/mol. The number of amides is 2. The third kappa shape index (κ3) is 8.80. The number of rotatable bonds is 10. The molecule has 60 heavy (non-hydrogen) atoms. The predicted molar refractivity (Wildman–Crippen MR) is 226 cm³/mol. The lowest BCUT2D eigenvalue weighted by Crippen LogP contribution is -2.58. The molecular formula is C45H57N9O6. The van der Waals surface area contributed by atoms with Crippen LogP contribution in [0.1, 0.15) is 99.9 Å². The van der Waals surface area contributed by atoms with Crippen molar-refractivity contribution < 1.29 is 28.5 Å². The maximum absolute atomic E-state index is 13.4. The average molecular weight is 820 g/mol. The molecule has 4 aromatic rings. The summed E-state index contributed by atoms with van der Waals surface area (Å²) in [6.45, 7) is 13.4. The van der Waals surface area contributed by atoms with Crippen LogP contribution >= 0.6 is 0 Å². The first kappa shape index (κ1) is 41.1. The monoisotopic (exact) mass is 819 g/mol. The lowest BCUT2D eigenvalue weighted by atomic mass is 9.77. The molecule has 1 aliphatic carbocycles. The Kier molecular flexibility index (Phi) is 11.8. The fourth-order valence-electron chi connectivity index (χ4n) is 8.86. The van der Waals surface area contributed by atoms with Gasteiger partial charge in [-0.2, -0.15) is 20.3 Å².